The molecule has 13 heavy (non-hydrogen) atoms. The van der Waals surface area contributed by atoms with Crippen molar-refractivity contribution in [2.24, 2.45) is 5.92 Å². The molecule has 0 N–H and O–H groups in total. The summed E-state index contributed by atoms with van der Waals surface area (Å²) in [5, 5.41) is 1.13. The lowest BCUT2D eigenvalue weighted by Crippen LogP contribution is -2.42. The predicted octanol–water partition coefficient (Wildman–Crippen LogP) is 3.28. The average molecular weight is 248 g/mol. The predicted molar refractivity (Wildman–Crippen MR) is 62.5 cm³/mol. The minimum absolute atomic E-state index is 0.845. The van der Waals surface area contributed by atoms with Gasteiger partial charge >= 0.3 is 0 Å². The first kappa shape index (κ1) is 11.5. The second-order valence-electron chi connectivity index (χ2n) is 4.49. The van der Waals surface area contributed by atoms with Crippen LogP contribution in [-0.2, 0) is 0 Å². The Morgan fingerprint density at radius 2 is 2.00 bits per heavy atom. The van der Waals surface area contributed by atoms with Crippen molar-refractivity contribution in [2.45, 2.75) is 45.6 Å². The molecule has 1 rings (SSSR count). The van der Waals surface area contributed by atoms with Gasteiger partial charge in [0.25, 0.3) is 0 Å². The number of alkyl halides is 1. The molecular formula is C11H22BrN. The molecule has 1 aliphatic carbocycles. The Morgan fingerprint density at radius 3 is 2.38 bits per heavy atom. The Kier molecular flexibility index (Phi) is 5.34. The van der Waals surface area contributed by atoms with Crippen LogP contribution in [-0.4, -0.2) is 29.4 Å². The molecule has 0 atom stereocenters. The Labute approximate surface area is 91.0 Å². The van der Waals surface area contributed by atoms with Gasteiger partial charge < -0.3 is 0 Å². The summed E-state index contributed by atoms with van der Waals surface area (Å²) >= 11 is 3.54. The van der Waals surface area contributed by atoms with Crippen molar-refractivity contribution in [3.8, 4) is 0 Å². The van der Waals surface area contributed by atoms with E-state index in [4.69, 9.17) is 0 Å². The summed E-state index contributed by atoms with van der Waals surface area (Å²) < 4.78 is 0. The third-order valence-corrected chi connectivity index (χ3v) is 3.31. The smallest absolute Gasteiger partial charge is 0.0159 e. The first-order valence-corrected chi connectivity index (χ1v) is 6.66. The van der Waals surface area contributed by atoms with E-state index in [-0.39, 0.29) is 0 Å². The lowest BCUT2D eigenvalue weighted by atomic mass is 9.91. The van der Waals surface area contributed by atoms with Crippen molar-refractivity contribution in [3.63, 3.8) is 0 Å². The summed E-state index contributed by atoms with van der Waals surface area (Å²) in [6.45, 7) is 7.16. The van der Waals surface area contributed by atoms with Crippen LogP contribution >= 0.6 is 15.9 Å². The van der Waals surface area contributed by atoms with Crippen LogP contribution in [0.25, 0.3) is 0 Å². The van der Waals surface area contributed by atoms with E-state index in [2.05, 4.69) is 34.7 Å². The molecule has 0 aromatic heterocycles. The molecule has 2 heteroatoms. The normalized spacial score (nSPS) is 18.2. The van der Waals surface area contributed by atoms with Crippen LogP contribution in [0, 0.1) is 5.92 Å². The van der Waals surface area contributed by atoms with Gasteiger partial charge in [-0.1, -0.05) is 36.2 Å². The zero-order valence-corrected chi connectivity index (χ0v) is 10.5. The number of rotatable bonds is 6. The highest BCUT2D eigenvalue weighted by Crippen LogP contribution is 2.25. The number of nitrogens with zero attached hydrogens (tertiary/aromatic N) is 1. The number of hydrogen-bond acceptors (Lipinski definition) is 1. The molecule has 0 heterocycles. The zero-order valence-electron chi connectivity index (χ0n) is 8.93. The minimum atomic E-state index is 0.845. The quantitative estimate of drug-likeness (QED) is 0.652. The molecule has 1 nitrogen and oxygen atoms in total. The lowest BCUT2D eigenvalue weighted by molar-refractivity contribution is 0.129. The van der Waals surface area contributed by atoms with Gasteiger partial charge in [0.2, 0.25) is 0 Å². The minimum Gasteiger partial charge on any atom is -0.300 e. The van der Waals surface area contributed by atoms with Crippen LogP contribution in [0.4, 0.5) is 0 Å². The average Bonchev–Trinajstić information content (AvgIpc) is 1.97. The van der Waals surface area contributed by atoms with Crippen molar-refractivity contribution in [1.29, 1.82) is 0 Å². The fourth-order valence-corrected chi connectivity index (χ4v) is 2.22. The molecule has 0 amide bonds. The van der Waals surface area contributed by atoms with Crippen LogP contribution in [0.3, 0.4) is 0 Å². The van der Waals surface area contributed by atoms with Crippen LogP contribution in [0.15, 0.2) is 0 Å². The van der Waals surface area contributed by atoms with Crippen molar-refractivity contribution < 1.29 is 0 Å². The maximum absolute atomic E-state index is 3.54. The molecule has 1 aliphatic rings. The van der Waals surface area contributed by atoms with Gasteiger partial charge in [0, 0.05) is 17.9 Å². The molecule has 0 saturated heterocycles. The molecular weight excluding hydrogens is 226 g/mol. The van der Waals surface area contributed by atoms with Crippen LogP contribution in [0.1, 0.15) is 39.5 Å². The molecule has 0 unspecified atom stereocenters. The summed E-state index contributed by atoms with van der Waals surface area (Å²) in [5.41, 5.74) is 0. The van der Waals surface area contributed by atoms with Gasteiger partial charge in [-0.15, -0.1) is 0 Å². The first-order valence-electron chi connectivity index (χ1n) is 5.54. The van der Waals surface area contributed by atoms with Gasteiger partial charge in [-0.3, -0.25) is 4.90 Å². The number of halogens is 1. The molecule has 0 aromatic carbocycles. The van der Waals surface area contributed by atoms with E-state index < -0.39 is 0 Å². The van der Waals surface area contributed by atoms with Gasteiger partial charge in [-0.25, -0.2) is 0 Å². The summed E-state index contributed by atoms with van der Waals surface area (Å²) in [4.78, 5) is 2.66. The molecule has 1 saturated carbocycles. The molecule has 0 bridgehead atoms. The molecule has 0 spiro atoms. The first-order chi connectivity index (χ1) is 6.24. The Morgan fingerprint density at radius 1 is 1.31 bits per heavy atom. The molecule has 1 fully saturated rings. The van der Waals surface area contributed by atoms with E-state index in [9.17, 15) is 0 Å². The van der Waals surface area contributed by atoms with Crippen LogP contribution in [0.2, 0.25) is 0 Å². The van der Waals surface area contributed by atoms with E-state index in [0.29, 0.717) is 0 Å². The van der Waals surface area contributed by atoms with E-state index in [1.807, 2.05) is 0 Å². The van der Waals surface area contributed by atoms with Crippen molar-refractivity contribution in [3.05, 3.63) is 0 Å². The maximum atomic E-state index is 3.54. The zero-order chi connectivity index (χ0) is 9.68. The largest absolute Gasteiger partial charge is 0.300 e. The van der Waals surface area contributed by atoms with Crippen LogP contribution < -0.4 is 0 Å². The lowest BCUT2D eigenvalue weighted by Gasteiger charge is -2.37. The van der Waals surface area contributed by atoms with Crippen molar-refractivity contribution in [2.75, 3.05) is 18.4 Å². The summed E-state index contributed by atoms with van der Waals surface area (Å²) in [6, 6.07) is 0.913. The highest BCUT2D eigenvalue weighted by atomic mass is 79.9. The molecule has 0 aliphatic heterocycles. The topological polar surface area (TPSA) is 3.24 Å². The third-order valence-electron chi connectivity index (χ3n) is 2.96. The summed E-state index contributed by atoms with van der Waals surface area (Å²) in [7, 11) is 0. The van der Waals surface area contributed by atoms with E-state index in [1.54, 1.807) is 0 Å². The maximum Gasteiger partial charge on any atom is 0.0159 e. The standard InChI is InChI=1S/C11H22BrN/c1-10(2)6-8-13(9-7-12)11-4-3-5-11/h10-11H,3-9H2,1-2H3. The highest BCUT2D eigenvalue weighted by Gasteiger charge is 2.23. The Bertz CT molecular complexity index is 132. The van der Waals surface area contributed by atoms with Gasteiger partial charge in [0.05, 0.1) is 0 Å². The van der Waals surface area contributed by atoms with Crippen molar-refractivity contribution >= 4 is 15.9 Å². The number of hydrogen-bond donors (Lipinski definition) is 0. The van der Waals surface area contributed by atoms with E-state index >= 15 is 0 Å². The van der Waals surface area contributed by atoms with Gasteiger partial charge in [0.1, 0.15) is 0 Å². The molecule has 78 valence electrons. The van der Waals surface area contributed by atoms with Crippen LogP contribution in [0.5, 0.6) is 0 Å². The fraction of sp³-hybridized carbons (Fsp3) is 1.00. The second-order valence-corrected chi connectivity index (χ2v) is 5.29. The van der Waals surface area contributed by atoms with E-state index in [1.165, 1.54) is 38.8 Å². The summed E-state index contributed by atoms with van der Waals surface area (Å²) in [5.74, 6) is 0.845. The monoisotopic (exact) mass is 247 g/mol. The highest BCUT2D eigenvalue weighted by molar-refractivity contribution is 9.09. The molecule has 0 radical (unpaired) electrons. The molecule has 0 aromatic rings. The third kappa shape index (κ3) is 3.99. The van der Waals surface area contributed by atoms with Gasteiger partial charge in [-0.05, 0) is 31.7 Å². The van der Waals surface area contributed by atoms with Crippen molar-refractivity contribution in [1.82, 2.24) is 4.90 Å². The van der Waals surface area contributed by atoms with Gasteiger partial charge in [-0.2, -0.15) is 0 Å². The summed E-state index contributed by atoms with van der Waals surface area (Å²) in [6.07, 6.45) is 5.67. The second kappa shape index (κ2) is 6.02. The SMILES string of the molecule is CC(C)CCN(CCBr)C1CCC1. The Hall–Kier alpha value is 0.440. The van der Waals surface area contributed by atoms with Gasteiger partial charge in [0.15, 0.2) is 0 Å². The fourth-order valence-electron chi connectivity index (χ4n) is 1.76. The Balaban J connectivity index is 2.20. The van der Waals surface area contributed by atoms with E-state index in [0.717, 1.165) is 17.3 Å².